The van der Waals surface area contributed by atoms with Crippen LogP contribution in [-0.4, -0.2) is 6.03 Å². The molecule has 1 unspecified atom stereocenters. The van der Waals surface area contributed by atoms with Gasteiger partial charge in [-0.15, -0.1) is 12.4 Å². The molecule has 0 fully saturated rings. The highest BCUT2D eigenvalue weighted by Gasteiger charge is 2.14. The Labute approximate surface area is 119 Å². The highest BCUT2D eigenvalue weighted by molar-refractivity contribution is 5.85. The lowest BCUT2D eigenvalue weighted by atomic mass is 9.98. The summed E-state index contributed by atoms with van der Waals surface area (Å²) in [6, 6.07) is 17.1. The second-order valence-electron chi connectivity index (χ2n) is 4.26. The van der Waals surface area contributed by atoms with Crippen LogP contribution in [0.2, 0.25) is 0 Å². The van der Waals surface area contributed by atoms with Crippen molar-refractivity contribution in [2.45, 2.75) is 13.0 Å². The molecule has 4 heteroatoms. The van der Waals surface area contributed by atoms with Gasteiger partial charge in [0.25, 0.3) is 0 Å². The van der Waals surface area contributed by atoms with Gasteiger partial charge in [-0.25, -0.2) is 4.79 Å². The van der Waals surface area contributed by atoms with Crippen LogP contribution in [0, 0.1) is 6.92 Å². The van der Waals surface area contributed by atoms with Gasteiger partial charge < -0.3 is 11.1 Å². The number of nitrogens with one attached hydrogen (secondary N) is 1. The van der Waals surface area contributed by atoms with Crippen molar-refractivity contribution in [1.82, 2.24) is 5.32 Å². The fourth-order valence-electron chi connectivity index (χ4n) is 1.91. The molecule has 2 aromatic rings. The van der Waals surface area contributed by atoms with Crippen molar-refractivity contribution in [3.63, 3.8) is 0 Å². The summed E-state index contributed by atoms with van der Waals surface area (Å²) in [5, 5.41) is 2.77. The van der Waals surface area contributed by atoms with Crippen molar-refractivity contribution in [1.29, 1.82) is 0 Å². The first kappa shape index (κ1) is 15.1. The molecular weight excluding hydrogens is 260 g/mol. The van der Waals surface area contributed by atoms with E-state index in [-0.39, 0.29) is 18.4 Å². The summed E-state index contributed by atoms with van der Waals surface area (Å²) >= 11 is 0. The fraction of sp³-hybridized carbons (Fsp3) is 0.133. The van der Waals surface area contributed by atoms with Crippen molar-refractivity contribution in [3.05, 3.63) is 71.3 Å². The van der Waals surface area contributed by atoms with Crippen LogP contribution < -0.4 is 11.1 Å². The molecule has 2 aromatic carbocycles. The largest absolute Gasteiger partial charge is 0.352 e. The molecule has 100 valence electrons. The van der Waals surface area contributed by atoms with Gasteiger partial charge in [0.2, 0.25) is 0 Å². The van der Waals surface area contributed by atoms with Crippen LogP contribution >= 0.6 is 12.4 Å². The lowest BCUT2D eigenvalue weighted by molar-refractivity contribution is 0.247. The van der Waals surface area contributed by atoms with Crippen LogP contribution in [0.5, 0.6) is 0 Å². The SMILES string of the molecule is Cc1ccc(C(NC(N)=O)c2ccccc2)cc1.Cl. The Kier molecular flexibility index (Phi) is 5.39. The van der Waals surface area contributed by atoms with E-state index in [1.807, 2.05) is 61.5 Å². The maximum atomic E-state index is 11.1. The predicted molar refractivity (Wildman–Crippen MR) is 79.4 cm³/mol. The minimum absolute atomic E-state index is 0. The van der Waals surface area contributed by atoms with Crippen LogP contribution in [0.3, 0.4) is 0 Å². The number of nitrogens with two attached hydrogens (primary N) is 1. The minimum Gasteiger partial charge on any atom is -0.352 e. The lowest BCUT2D eigenvalue weighted by Crippen LogP contribution is -2.33. The monoisotopic (exact) mass is 276 g/mol. The van der Waals surface area contributed by atoms with Crippen LogP contribution in [0.4, 0.5) is 4.79 Å². The maximum Gasteiger partial charge on any atom is 0.312 e. The third-order valence-electron chi connectivity index (χ3n) is 2.83. The van der Waals surface area contributed by atoms with E-state index >= 15 is 0 Å². The van der Waals surface area contributed by atoms with Crippen molar-refractivity contribution < 1.29 is 4.79 Å². The van der Waals surface area contributed by atoms with Crippen molar-refractivity contribution >= 4 is 18.4 Å². The summed E-state index contributed by atoms with van der Waals surface area (Å²) in [5.41, 5.74) is 8.47. The Balaban J connectivity index is 0.00000180. The molecule has 0 aliphatic heterocycles. The molecule has 1 atom stereocenters. The van der Waals surface area contributed by atoms with Gasteiger partial charge in [-0.2, -0.15) is 0 Å². The molecule has 3 nitrogen and oxygen atoms in total. The first-order chi connectivity index (χ1) is 8.66. The molecule has 0 aliphatic carbocycles. The number of carbonyl (C=O) groups is 1. The maximum absolute atomic E-state index is 11.1. The smallest absolute Gasteiger partial charge is 0.312 e. The Morgan fingerprint density at radius 1 is 1.00 bits per heavy atom. The molecule has 2 amide bonds. The topological polar surface area (TPSA) is 55.1 Å². The number of carbonyl (C=O) groups excluding carboxylic acids is 1. The molecular formula is C15H17ClN2O. The third-order valence-corrected chi connectivity index (χ3v) is 2.83. The number of benzene rings is 2. The highest BCUT2D eigenvalue weighted by atomic mass is 35.5. The highest BCUT2D eigenvalue weighted by Crippen LogP contribution is 2.22. The molecule has 0 aliphatic rings. The van der Waals surface area contributed by atoms with Crippen LogP contribution in [0.1, 0.15) is 22.7 Å². The number of hydrogen-bond donors (Lipinski definition) is 2. The Morgan fingerprint density at radius 3 is 2.05 bits per heavy atom. The molecule has 3 N–H and O–H groups in total. The molecule has 0 spiro atoms. The number of rotatable bonds is 3. The zero-order valence-electron chi connectivity index (χ0n) is 10.7. The minimum atomic E-state index is -0.524. The zero-order chi connectivity index (χ0) is 13.0. The van der Waals surface area contributed by atoms with Gasteiger partial charge in [0.15, 0.2) is 0 Å². The molecule has 0 heterocycles. The van der Waals surface area contributed by atoms with Gasteiger partial charge in [-0.3, -0.25) is 0 Å². The van der Waals surface area contributed by atoms with Crippen molar-refractivity contribution in [2.24, 2.45) is 5.73 Å². The number of amides is 2. The lowest BCUT2D eigenvalue weighted by Gasteiger charge is -2.18. The number of aryl methyl sites for hydroxylation is 1. The summed E-state index contributed by atoms with van der Waals surface area (Å²) in [6.45, 7) is 2.03. The number of urea groups is 1. The average molecular weight is 277 g/mol. The molecule has 0 saturated heterocycles. The Hall–Kier alpha value is -2.00. The van der Waals surface area contributed by atoms with Gasteiger partial charge in [0.05, 0.1) is 6.04 Å². The molecule has 2 rings (SSSR count). The van der Waals surface area contributed by atoms with E-state index < -0.39 is 6.03 Å². The third kappa shape index (κ3) is 4.00. The zero-order valence-corrected chi connectivity index (χ0v) is 11.5. The second-order valence-corrected chi connectivity index (χ2v) is 4.26. The molecule has 0 saturated carbocycles. The molecule has 0 radical (unpaired) electrons. The Morgan fingerprint density at radius 2 is 1.53 bits per heavy atom. The van der Waals surface area contributed by atoms with Gasteiger partial charge in [-0.05, 0) is 18.1 Å². The van der Waals surface area contributed by atoms with Gasteiger partial charge in [-0.1, -0.05) is 60.2 Å². The first-order valence-corrected chi connectivity index (χ1v) is 5.84. The second kappa shape index (κ2) is 6.81. The van der Waals surface area contributed by atoms with E-state index in [1.165, 1.54) is 5.56 Å². The number of hydrogen-bond acceptors (Lipinski definition) is 1. The van der Waals surface area contributed by atoms with Gasteiger partial charge in [0.1, 0.15) is 0 Å². The van der Waals surface area contributed by atoms with E-state index in [0.717, 1.165) is 11.1 Å². The normalized spacial score (nSPS) is 11.2. The van der Waals surface area contributed by atoms with E-state index in [4.69, 9.17) is 5.73 Å². The van der Waals surface area contributed by atoms with E-state index in [9.17, 15) is 4.79 Å². The quantitative estimate of drug-likeness (QED) is 0.889. The summed E-state index contributed by atoms with van der Waals surface area (Å²) in [5.74, 6) is 0. The summed E-state index contributed by atoms with van der Waals surface area (Å²) < 4.78 is 0. The van der Waals surface area contributed by atoms with Crippen molar-refractivity contribution in [3.8, 4) is 0 Å². The number of primary amides is 1. The van der Waals surface area contributed by atoms with E-state index in [1.54, 1.807) is 0 Å². The van der Waals surface area contributed by atoms with E-state index in [0.29, 0.717) is 0 Å². The average Bonchev–Trinajstić information content (AvgIpc) is 2.38. The van der Waals surface area contributed by atoms with Crippen LogP contribution in [0.25, 0.3) is 0 Å². The van der Waals surface area contributed by atoms with Crippen molar-refractivity contribution in [2.75, 3.05) is 0 Å². The summed E-state index contributed by atoms with van der Waals surface area (Å²) in [4.78, 5) is 11.1. The molecule has 0 bridgehead atoms. The molecule has 0 aromatic heterocycles. The number of halogens is 1. The Bertz CT molecular complexity index is 526. The van der Waals surface area contributed by atoms with Gasteiger partial charge >= 0.3 is 6.03 Å². The summed E-state index contributed by atoms with van der Waals surface area (Å²) in [6.07, 6.45) is 0. The standard InChI is InChI=1S/C15H16N2O.ClH/c1-11-7-9-13(10-8-11)14(17-15(16)18)12-5-3-2-4-6-12;/h2-10,14H,1H3,(H3,16,17,18);1H. The van der Waals surface area contributed by atoms with Gasteiger partial charge in [0, 0.05) is 0 Å². The van der Waals surface area contributed by atoms with E-state index in [2.05, 4.69) is 5.32 Å². The first-order valence-electron chi connectivity index (χ1n) is 5.84. The predicted octanol–water partition coefficient (Wildman–Crippen LogP) is 3.17. The molecule has 19 heavy (non-hydrogen) atoms. The van der Waals surface area contributed by atoms with Crippen LogP contribution in [-0.2, 0) is 0 Å². The van der Waals surface area contributed by atoms with Crippen LogP contribution in [0.15, 0.2) is 54.6 Å². The summed E-state index contributed by atoms with van der Waals surface area (Å²) in [7, 11) is 0. The fourth-order valence-corrected chi connectivity index (χ4v) is 1.91.